The molecule has 0 spiro atoms. The molecule has 1 rings (SSSR count). The molecule has 0 fully saturated rings. The van der Waals surface area contributed by atoms with Gasteiger partial charge in [0.25, 0.3) is 0 Å². The smallest absolute Gasteiger partial charge is 0.122 e. The van der Waals surface area contributed by atoms with E-state index in [1.807, 2.05) is 24.3 Å². The highest BCUT2D eigenvalue weighted by atomic mass is 35.5. The topological polar surface area (TPSA) is 9.23 Å². The molecule has 0 aliphatic heterocycles. The van der Waals surface area contributed by atoms with Gasteiger partial charge in [-0.2, -0.15) is 0 Å². The van der Waals surface area contributed by atoms with E-state index in [-0.39, 0.29) is 0 Å². The van der Waals surface area contributed by atoms with Gasteiger partial charge < -0.3 is 4.74 Å². The van der Waals surface area contributed by atoms with Crippen LogP contribution in [0, 0.1) is 0 Å². The van der Waals surface area contributed by atoms with Crippen LogP contribution < -0.4 is 0 Å². The molecular weight excluding hydrogens is 232 g/mol. The average molecular weight is 253 g/mol. The summed E-state index contributed by atoms with van der Waals surface area (Å²) in [6.45, 7) is 5.12. The van der Waals surface area contributed by atoms with Crippen LogP contribution in [-0.2, 0) is 4.74 Å². The molecule has 94 valence electrons. The molecule has 1 aromatic rings. The second kappa shape index (κ2) is 8.19. The molecule has 0 bridgehead atoms. The Hall–Kier alpha value is -0.950. The first-order valence-corrected chi connectivity index (χ1v) is 6.74. The Morgan fingerprint density at radius 2 is 1.88 bits per heavy atom. The molecule has 0 aromatic heterocycles. The van der Waals surface area contributed by atoms with Crippen LogP contribution in [-0.4, -0.2) is 6.61 Å². The molecule has 0 atom stereocenters. The van der Waals surface area contributed by atoms with E-state index in [4.69, 9.17) is 16.3 Å². The number of halogens is 1. The second-order valence-corrected chi connectivity index (χ2v) is 4.50. The summed E-state index contributed by atoms with van der Waals surface area (Å²) in [5.74, 6) is 0.983. The molecule has 0 unspecified atom stereocenters. The Labute approximate surface area is 109 Å². The zero-order chi connectivity index (χ0) is 12.5. The molecule has 17 heavy (non-hydrogen) atoms. The monoisotopic (exact) mass is 252 g/mol. The summed E-state index contributed by atoms with van der Waals surface area (Å²) in [5, 5.41) is 0.761. The number of benzene rings is 1. The highest BCUT2D eigenvalue weighted by Gasteiger charge is 2.02. The van der Waals surface area contributed by atoms with Crippen LogP contribution >= 0.6 is 11.6 Å². The molecule has 0 aliphatic rings. The van der Waals surface area contributed by atoms with Crippen molar-refractivity contribution in [1.82, 2.24) is 0 Å². The fraction of sp³-hybridized carbons (Fsp3) is 0.467. The van der Waals surface area contributed by atoms with Gasteiger partial charge >= 0.3 is 0 Å². The van der Waals surface area contributed by atoms with E-state index in [2.05, 4.69) is 19.9 Å². The Kier molecular flexibility index (Phi) is 6.80. The predicted octanol–water partition coefficient (Wildman–Crippen LogP) is 5.30. The number of hydrogen-bond donors (Lipinski definition) is 0. The average Bonchev–Trinajstić information content (AvgIpc) is 2.35. The van der Waals surface area contributed by atoms with Gasteiger partial charge in [-0.05, 0) is 43.2 Å². The van der Waals surface area contributed by atoms with Gasteiger partial charge in [-0.25, -0.2) is 0 Å². The zero-order valence-electron chi connectivity index (χ0n) is 10.7. The Balaban J connectivity index is 2.71. The van der Waals surface area contributed by atoms with Crippen molar-refractivity contribution in [3.63, 3.8) is 0 Å². The summed E-state index contributed by atoms with van der Waals surface area (Å²) in [6, 6.07) is 7.82. The first-order valence-electron chi connectivity index (χ1n) is 6.36. The predicted molar refractivity (Wildman–Crippen MR) is 75.2 cm³/mol. The quantitative estimate of drug-likeness (QED) is 0.473. The maximum Gasteiger partial charge on any atom is 0.122 e. The van der Waals surface area contributed by atoms with Gasteiger partial charge in [0.15, 0.2) is 0 Å². The number of unbranched alkanes of at least 4 members (excludes halogenated alkanes) is 2. The minimum absolute atomic E-state index is 0.761. The van der Waals surface area contributed by atoms with Crippen LogP contribution in [0.5, 0.6) is 0 Å². The SMILES string of the molecule is CCC/C=C(/OCCCC)c1ccc(Cl)cc1. The van der Waals surface area contributed by atoms with Crippen molar-refractivity contribution in [3.05, 3.63) is 40.9 Å². The fourth-order valence-corrected chi connectivity index (χ4v) is 1.60. The van der Waals surface area contributed by atoms with Crippen LogP contribution in [0.2, 0.25) is 5.02 Å². The molecular formula is C15H21ClO. The lowest BCUT2D eigenvalue weighted by Crippen LogP contribution is -1.95. The van der Waals surface area contributed by atoms with Gasteiger partial charge in [-0.1, -0.05) is 38.3 Å². The second-order valence-electron chi connectivity index (χ2n) is 4.07. The zero-order valence-corrected chi connectivity index (χ0v) is 11.5. The largest absolute Gasteiger partial charge is 0.493 e. The van der Waals surface area contributed by atoms with E-state index >= 15 is 0 Å². The maximum atomic E-state index is 5.89. The van der Waals surface area contributed by atoms with Crippen molar-refractivity contribution in [3.8, 4) is 0 Å². The first-order chi connectivity index (χ1) is 8.27. The Morgan fingerprint density at radius 3 is 2.47 bits per heavy atom. The number of allylic oxidation sites excluding steroid dienone is 1. The normalized spacial score (nSPS) is 11.6. The van der Waals surface area contributed by atoms with Crippen LogP contribution in [0.15, 0.2) is 30.3 Å². The highest BCUT2D eigenvalue weighted by Crippen LogP contribution is 2.20. The Morgan fingerprint density at radius 1 is 1.18 bits per heavy atom. The molecule has 2 heteroatoms. The molecule has 0 N–H and O–H groups in total. The molecule has 0 radical (unpaired) electrons. The van der Waals surface area contributed by atoms with Gasteiger partial charge in [0.1, 0.15) is 5.76 Å². The van der Waals surface area contributed by atoms with Crippen molar-refractivity contribution in [2.75, 3.05) is 6.61 Å². The summed E-state index contributed by atoms with van der Waals surface area (Å²) < 4.78 is 5.83. The van der Waals surface area contributed by atoms with E-state index in [0.717, 1.165) is 48.6 Å². The number of rotatable bonds is 7. The Bertz CT molecular complexity index is 340. The molecule has 0 saturated heterocycles. The van der Waals surface area contributed by atoms with Gasteiger partial charge in [0.05, 0.1) is 6.61 Å². The summed E-state index contributed by atoms with van der Waals surface area (Å²) in [5.41, 5.74) is 1.11. The van der Waals surface area contributed by atoms with E-state index < -0.39 is 0 Å². The summed E-state index contributed by atoms with van der Waals surface area (Å²) in [6.07, 6.45) is 6.59. The summed E-state index contributed by atoms with van der Waals surface area (Å²) >= 11 is 5.89. The van der Waals surface area contributed by atoms with Crippen molar-refractivity contribution in [2.45, 2.75) is 39.5 Å². The molecule has 0 saturated carbocycles. The lowest BCUT2D eigenvalue weighted by molar-refractivity contribution is 0.269. The minimum Gasteiger partial charge on any atom is -0.493 e. The summed E-state index contributed by atoms with van der Waals surface area (Å²) in [7, 11) is 0. The molecule has 0 heterocycles. The lowest BCUT2D eigenvalue weighted by Gasteiger charge is -2.10. The van der Waals surface area contributed by atoms with Gasteiger partial charge in [0.2, 0.25) is 0 Å². The van der Waals surface area contributed by atoms with Crippen molar-refractivity contribution >= 4 is 17.4 Å². The number of hydrogen-bond acceptors (Lipinski definition) is 1. The van der Waals surface area contributed by atoms with Crippen LogP contribution in [0.1, 0.15) is 45.1 Å². The van der Waals surface area contributed by atoms with Gasteiger partial charge in [-0.15, -0.1) is 0 Å². The standard InChI is InChI=1S/C15H21ClO/c1-3-5-7-15(17-12-6-4-2)13-8-10-14(16)11-9-13/h7-11H,3-6,12H2,1-2H3/b15-7+. The third kappa shape index (κ3) is 5.27. The maximum absolute atomic E-state index is 5.89. The van der Waals surface area contributed by atoms with E-state index in [1.165, 1.54) is 0 Å². The van der Waals surface area contributed by atoms with Crippen molar-refractivity contribution in [2.24, 2.45) is 0 Å². The molecule has 1 aromatic carbocycles. The minimum atomic E-state index is 0.761. The number of ether oxygens (including phenoxy) is 1. The highest BCUT2D eigenvalue weighted by molar-refractivity contribution is 6.30. The lowest BCUT2D eigenvalue weighted by atomic mass is 10.1. The van der Waals surface area contributed by atoms with Crippen molar-refractivity contribution < 1.29 is 4.74 Å². The first kappa shape index (κ1) is 14.1. The molecule has 0 amide bonds. The van der Waals surface area contributed by atoms with Gasteiger partial charge in [-0.3, -0.25) is 0 Å². The summed E-state index contributed by atoms with van der Waals surface area (Å²) in [4.78, 5) is 0. The van der Waals surface area contributed by atoms with E-state index in [0.29, 0.717) is 0 Å². The van der Waals surface area contributed by atoms with Crippen LogP contribution in [0.4, 0.5) is 0 Å². The fourth-order valence-electron chi connectivity index (χ4n) is 1.48. The van der Waals surface area contributed by atoms with Crippen molar-refractivity contribution in [1.29, 1.82) is 0 Å². The third-order valence-corrected chi connectivity index (χ3v) is 2.75. The van der Waals surface area contributed by atoms with Gasteiger partial charge in [0, 0.05) is 10.6 Å². The molecule has 0 aliphatic carbocycles. The van der Waals surface area contributed by atoms with E-state index in [9.17, 15) is 0 Å². The molecule has 1 nitrogen and oxygen atoms in total. The third-order valence-electron chi connectivity index (χ3n) is 2.50. The van der Waals surface area contributed by atoms with Crippen LogP contribution in [0.3, 0.4) is 0 Å². The van der Waals surface area contributed by atoms with E-state index in [1.54, 1.807) is 0 Å². The van der Waals surface area contributed by atoms with Crippen LogP contribution in [0.25, 0.3) is 5.76 Å².